The molecule has 1 N–H and O–H groups in total. The number of ketones is 1. The molecule has 2 heterocycles. The van der Waals surface area contributed by atoms with Gasteiger partial charge in [-0.15, -0.1) is 0 Å². The van der Waals surface area contributed by atoms with Gasteiger partial charge in [0.15, 0.2) is 0 Å². The van der Waals surface area contributed by atoms with Crippen LogP contribution in [0.2, 0.25) is 0 Å². The maximum atomic E-state index is 13.3. The SMILES string of the molecule is CCN(CC)c1ccc(C2/C(=C(/O)c3ccncc3)C(=O)C(=O)N2c2ccc(C(C)C)cc2)cc1. The van der Waals surface area contributed by atoms with Gasteiger partial charge in [-0.3, -0.25) is 19.5 Å². The van der Waals surface area contributed by atoms with Crippen molar-refractivity contribution in [1.29, 1.82) is 0 Å². The molecule has 1 aromatic heterocycles. The first kappa shape index (κ1) is 24.2. The monoisotopic (exact) mass is 469 g/mol. The first-order chi connectivity index (χ1) is 16.9. The van der Waals surface area contributed by atoms with Gasteiger partial charge in [-0.25, -0.2) is 0 Å². The molecule has 6 heteroatoms. The molecule has 35 heavy (non-hydrogen) atoms. The van der Waals surface area contributed by atoms with Crippen molar-refractivity contribution in [2.45, 2.75) is 39.7 Å². The smallest absolute Gasteiger partial charge is 0.300 e. The van der Waals surface area contributed by atoms with Gasteiger partial charge in [0.2, 0.25) is 0 Å². The van der Waals surface area contributed by atoms with Crippen LogP contribution in [0.25, 0.3) is 5.76 Å². The first-order valence-corrected chi connectivity index (χ1v) is 12.0. The van der Waals surface area contributed by atoms with Gasteiger partial charge in [-0.2, -0.15) is 0 Å². The maximum Gasteiger partial charge on any atom is 0.300 e. The Hall–Kier alpha value is -3.93. The molecule has 0 bridgehead atoms. The van der Waals surface area contributed by atoms with Crippen molar-refractivity contribution >= 4 is 28.8 Å². The van der Waals surface area contributed by atoms with Crippen LogP contribution in [0.4, 0.5) is 11.4 Å². The van der Waals surface area contributed by atoms with E-state index in [1.54, 1.807) is 24.5 Å². The lowest BCUT2D eigenvalue weighted by molar-refractivity contribution is -0.132. The van der Waals surface area contributed by atoms with E-state index in [1.807, 2.05) is 48.5 Å². The Morgan fingerprint density at radius 3 is 2.09 bits per heavy atom. The number of benzene rings is 2. The van der Waals surface area contributed by atoms with Crippen LogP contribution in [0, 0.1) is 0 Å². The number of hydrogen-bond donors (Lipinski definition) is 1. The Bertz CT molecular complexity index is 1230. The Balaban J connectivity index is 1.87. The molecule has 1 fully saturated rings. The van der Waals surface area contributed by atoms with Crippen LogP contribution >= 0.6 is 0 Å². The Labute approximate surface area is 206 Å². The quantitative estimate of drug-likeness (QED) is 0.274. The third-order valence-electron chi connectivity index (χ3n) is 6.57. The summed E-state index contributed by atoms with van der Waals surface area (Å²) in [6.07, 6.45) is 3.09. The summed E-state index contributed by atoms with van der Waals surface area (Å²) in [5.74, 6) is -1.22. The molecule has 1 aliphatic heterocycles. The number of aliphatic hydroxyl groups is 1. The predicted octanol–water partition coefficient (Wildman–Crippen LogP) is 5.68. The second-order valence-corrected chi connectivity index (χ2v) is 8.92. The average molecular weight is 470 g/mol. The predicted molar refractivity (Wildman–Crippen MR) is 140 cm³/mol. The fourth-order valence-electron chi connectivity index (χ4n) is 4.56. The van der Waals surface area contributed by atoms with Crippen molar-refractivity contribution in [3.8, 4) is 0 Å². The highest BCUT2D eigenvalue weighted by Gasteiger charge is 2.47. The molecule has 1 unspecified atom stereocenters. The molecule has 6 nitrogen and oxygen atoms in total. The average Bonchev–Trinajstić information content (AvgIpc) is 3.15. The highest BCUT2D eigenvalue weighted by molar-refractivity contribution is 6.51. The lowest BCUT2D eigenvalue weighted by Crippen LogP contribution is -2.29. The molecule has 0 spiro atoms. The number of carbonyl (C=O) groups is 2. The summed E-state index contributed by atoms with van der Waals surface area (Å²) in [7, 11) is 0. The summed E-state index contributed by atoms with van der Waals surface area (Å²) < 4.78 is 0. The fraction of sp³-hybridized carbons (Fsp3) is 0.276. The van der Waals surface area contributed by atoms with E-state index >= 15 is 0 Å². The highest BCUT2D eigenvalue weighted by atomic mass is 16.3. The van der Waals surface area contributed by atoms with Crippen molar-refractivity contribution in [3.63, 3.8) is 0 Å². The Morgan fingerprint density at radius 1 is 0.943 bits per heavy atom. The number of Topliss-reactive ketones (excluding diaryl/α,β-unsaturated/α-hetero) is 1. The molecule has 0 aliphatic carbocycles. The second kappa shape index (κ2) is 10.1. The van der Waals surface area contributed by atoms with Crippen molar-refractivity contribution in [2.24, 2.45) is 0 Å². The van der Waals surface area contributed by atoms with E-state index < -0.39 is 17.7 Å². The number of aromatic nitrogens is 1. The van der Waals surface area contributed by atoms with Gasteiger partial charge in [-0.1, -0.05) is 38.1 Å². The molecular weight excluding hydrogens is 438 g/mol. The van der Waals surface area contributed by atoms with Crippen LogP contribution in [-0.2, 0) is 9.59 Å². The lowest BCUT2D eigenvalue weighted by Gasteiger charge is -2.27. The zero-order chi connectivity index (χ0) is 25.1. The highest BCUT2D eigenvalue weighted by Crippen LogP contribution is 2.42. The van der Waals surface area contributed by atoms with E-state index in [1.165, 1.54) is 4.90 Å². The van der Waals surface area contributed by atoms with E-state index in [4.69, 9.17) is 0 Å². The van der Waals surface area contributed by atoms with Crippen molar-refractivity contribution < 1.29 is 14.7 Å². The third kappa shape index (κ3) is 4.56. The number of rotatable bonds is 7. The van der Waals surface area contributed by atoms with Gasteiger partial charge in [0, 0.05) is 42.4 Å². The largest absolute Gasteiger partial charge is 0.507 e. The van der Waals surface area contributed by atoms with Gasteiger partial charge in [0.25, 0.3) is 11.7 Å². The Morgan fingerprint density at radius 2 is 1.54 bits per heavy atom. The molecule has 3 aromatic rings. The van der Waals surface area contributed by atoms with Crippen LogP contribution in [0.15, 0.2) is 78.6 Å². The molecule has 0 saturated carbocycles. The van der Waals surface area contributed by atoms with Crippen LogP contribution < -0.4 is 9.80 Å². The van der Waals surface area contributed by atoms with Gasteiger partial charge >= 0.3 is 0 Å². The van der Waals surface area contributed by atoms with Crippen molar-refractivity contribution in [3.05, 3.63) is 95.3 Å². The summed E-state index contributed by atoms with van der Waals surface area (Å²) in [5.41, 5.74) is 4.09. The molecule has 1 aliphatic rings. The normalized spacial score (nSPS) is 17.3. The number of hydrogen-bond acceptors (Lipinski definition) is 5. The number of pyridine rings is 1. The second-order valence-electron chi connectivity index (χ2n) is 8.92. The summed E-state index contributed by atoms with van der Waals surface area (Å²) in [4.78, 5) is 34.3. The van der Waals surface area contributed by atoms with E-state index in [2.05, 4.69) is 37.6 Å². The van der Waals surface area contributed by atoms with Crippen LogP contribution in [0.3, 0.4) is 0 Å². The minimum Gasteiger partial charge on any atom is -0.507 e. The molecule has 1 atom stereocenters. The number of carbonyl (C=O) groups excluding carboxylic acids is 2. The summed E-state index contributed by atoms with van der Waals surface area (Å²) in [6, 6.07) is 18.0. The number of aliphatic hydroxyl groups excluding tert-OH is 1. The van der Waals surface area contributed by atoms with Gasteiger partial charge in [-0.05, 0) is 67.3 Å². The zero-order valence-corrected chi connectivity index (χ0v) is 20.6. The van der Waals surface area contributed by atoms with E-state index in [-0.39, 0.29) is 11.3 Å². The summed E-state index contributed by atoms with van der Waals surface area (Å²) in [5, 5.41) is 11.2. The molecule has 4 rings (SSSR count). The number of amides is 1. The fourth-order valence-corrected chi connectivity index (χ4v) is 4.56. The molecule has 2 aromatic carbocycles. The lowest BCUT2D eigenvalue weighted by atomic mass is 9.95. The van der Waals surface area contributed by atoms with Crippen LogP contribution in [0.1, 0.15) is 56.3 Å². The molecule has 1 amide bonds. The summed E-state index contributed by atoms with van der Waals surface area (Å²) in [6.45, 7) is 10.2. The molecule has 1 saturated heterocycles. The van der Waals surface area contributed by atoms with E-state index in [0.29, 0.717) is 17.2 Å². The Kier molecular flexibility index (Phi) is 7.01. The number of nitrogens with zero attached hydrogens (tertiary/aromatic N) is 3. The van der Waals surface area contributed by atoms with Crippen LogP contribution in [0.5, 0.6) is 0 Å². The first-order valence-electron chi connectivity index (χ1n) is 12.0. The van der Waals surface area contributed by atoms with Crippen molar-refractivity contribution in [2.75, 3.05) is 22.9 Å². The molecule has 180 valence electrons. The van der Waals surface area contributed by atoms with Gasteiger partial charge < -0.3 is 10.0 Å². The van der Waals surface area contributed by atoms with E-state index in [0.717, 1.165) is 29.9 Å². The number of anilines is 2. The standard InChI is InChI=1S/C29H31N3O3/c1-5-31(6-2)23-11-9-21(10-12-23)26-25(27(33)22-15-17-30-18-16-22)28(34)29(35)32(26)24-13-7-20(8-14-24)19(3)4/h7-19,26,33H,5-6H2,1-4H3/b27-25-. The molecular formula is C29H31N3O3. The maximum absolute atomic E-state index is 13.3. The van der Waals surface area contributed by atoms with E-state index in [9.17, 15) is 14.7 Å². The molecule has 0 radical (unpaired) electrons. The van der Waals surface area contributed by atoms with Gasteiger partial charge in [0.05, 0.1) is 11.6 Å². The topological polar surface area (TPSA) is 73.7 Å². The van der Waals surface area contributed by atoms with Gasteiger partial charge in [0.1, 0.15) is 5.76 Å². The van der Waals surface area contributed by atoms with Crippen molar-refractivity contribution in [1.82, 2.24) is 4.98 Å². The third-order valence-corrected chi connectivity index (χ3v) is 6.57. The summed E-state index contributed by atoms with van der Waals surface area (Å²) >= 11 is 0. The minimum absolute atomic E-state index is 0.0738. The zero-order valence-electron chi connectivity index (χ0n) is 20.6. The van der Waals surface area contributed by atoms with Crippen LogP contribution in [-0.4, -0.2) is 34.9 Å². The minimum atomic E-state index is -0.751.